The Kier molecular flexibility index (Phi) is 8.78. The van der Waals surface area contributed by atoms with E-state index in [1.807, 2.05) is 42.5 Å². The van der Waals surface area contributed by atoms with Crippen LogP contribution < -0.4 is 17.2 Å². The number of nitrogen functional groups attached to an aromatic ring is 2. The van der Waals surface area contributed by atoms with Gasteiger partial charge in [0.2, 0.25) is 0 Å². The predicted molar refractivity (Wildman–Crippen MR) is 148 cm³/mol. The lowest BCUT2D eigenvalue weighted by Gasteiger charge is -2.15. The number of aromatic nitrogens is 2. The number of nitrogens with two attached hydrogens (primary N) is 3. The number of hydrogen-bond donors (Lipinski definition) is 3. The standard InChI is InChI=1S/C17H24N2O2Si.C10H11N3/c1-22(2,3)11-10-21-16(20)7-5-13-4-6-15-14(12-13)8-9-19-17(15)18;11-6-7-1-2-9-8(5-7)3-4-13-10(9)12/h4,6,8-9,12H,5,7,10-11H2,1-3H3,(H2,18,19);1-5H,6,11H2,(H2,12,13). The van der Waals surface area contributed by atoms with Crippen LogP contribution >= 0.6 is 0 Å². The Bertz CT molecular complexity index is 1300. The van der Waals surface area contributed by atoms with E-state index in [9.17, 15) is 4.79 Å². The lowest BCUT2D eigenvalue weighted by atomic mass is 10.0. The Hall–Kier alpha value is -3.49. The first-order valence-electron chi connectivity index (χ1n) is 11.8. The van der Waals surface area contributed by atoms with Crippen LogP contribution in [0.2, 0.25) is 25.7 Å². The molecule has 0 aliphatic heterocycles. The highest BCUT2D eigenvalue weighted by atomic mass is 28.3. The quantitative estimate of drug-likeness (QED) is 0.248. The average Bonchev–Trinajstić information content (AvgIpc) is 2.82. The van der Waals surface area contributed by atoms with Crippen LogP contribution in [0.5, 0.6) is 0 Å². The van der Waals surface area contributed by atoms with Crippen molar-refractivity contribution in [3.63, 3.8) is 0 Å². The second-order valence-electron chi connectivity index (χ2n) is 9.74. The third-order valence-electron chi connectivity index (χ3n) is 5.69. The number of fused-ring (bicyclic) bond motifs is 2. The number of nitrogens with zero attached hydrogens (tertiary/aromatic N) is 2. The second kappa shape index (κ2) is 11.8. The van der Waals surface area contributed by atoms with Crippen molar-refractivity contribution in [1.82, 2.24) is 9.97 Å². The molecule has 8 heteroatoms. The number of hydrogen-bond acceptors (Lipinski definition) is 7. The van der Waals surface area contributed by atoms with Crippen LogP contribution in [0.25, 0.3) is 21.5 Å². The molecule has 0 aliphatic rings. The summed E-state index contributed by atoms with van der Waals surface area (Å²) in [7, 11) is -1.14. The van der Waals surface area contributed by atoms with Gasteiger partial charge in [0.25, 0.3) is 0 Å². The molecule has 2 heterocycles. The van der Waals surface area contributed by atoms with Gasteiger partial charge in [-0.15, -0.1) is 0 Å². The van der Waals surface area contributed by atoms with Crippen molar-refractivity contribution in [1.29, 1.82) is 0 Å². The Labute approximate surface area is 207 Å². The molecule has 0 fully saturated rings. The van der Waals surface area contributed by atoms with Crippen LogP contribution in [0.15, 0.2) is 60.9 Å². The molecule has 4 rings (SSSR count). The van der Waals surface area contributed by atoms with Gasteiger partial charge in [0.15, 0.2) is 0 Å². The number of carbonyl (C=O) groups is 1. The number of rotatable bonds is 7. The monoisotopic (exact) mass is 489 g/mol. The zero-order chi connectivity index (χ0) is 25.4. The maximum Gasteiger partial charge on any atom is 0.306 e. The molecular weight excluding hydrogens is 454 g/mol. The molecule has 0 atom stereocenters. The molecule has 4 aromatic rings. The first-order valence-corrected chi connectivity index (χ1v) is 15.5. The molecule has 0 radical (unpaired) electrons. The molecule has 6 N–H and O–H groups in total. The first-order chi connectivity index (χ1) is 16.7. The van der Waals surface area contributed by atoms with Gasteiger partial charge in [0.1, 0.15) is 11.6 Å². The van der Waals surface area contributed by atoms with E-state index in [1.165, 1.54) is 0 Å². The van der Waals surface area contributed by atoms with Crippen molar-refractivity contribution in [2.45, 2.75) is 45.1 Å². The molecule has 0 spiro atoms. The molecule has 2 aromatic heterocycles. The summed E-state index contributed by atoms with van der Waals surface area (Å²) in [5.74, 6) is 0.989. The van der Waals surface area contributed by atoms with E-state index in [1.54, 1.807) is 12.4 Å². The van der Waals surface area contributed by atoms with Gasteiger partial charge in [-0.2, -0.15) is 0 Å². The third-order valence-corrected chi connectivity index (χ3v) is 7.39. The van der Waals surface area contributed by atoms with Crippen molar-refractivity contribution in [2.75, 3.05) is 18.1 Å². The summed E-state index contributed by atoms with van der Waals surface area (Å²) in [6, 6.07) is 16.9. The summed E-state index contributed by atoms with van der Waals surface area (Å²) in [4.78, 5) is 19.9. The van der Waals surface area contributed by atoms with E-state index in [4.69, 9.17) is 21.9 Å². The summed E-state index contributed by atoms with van der Waals surface area (Å²) in [5, 5.41) is 4.08. The second-order valence-corrected chi connectivity index (χ2v) is 15.4. The van der Waals surface area contributed by atoms with E-state index in [0.29, 0.717) is 37.6 Å². The lowest BCUT2D eigenvalue weighted by Crippen LogP contribution is -2.22. The van der Waals surface area contributed by atoms with Gasteiger partial charge in [-0.3, -0.25) is 4.79 Å². The summed E-state index contributed by atoms with van der Waals surface area (Å²) in [6.07, 6.45) is 4.51. The van der Waals surface area contributed by atoms with Crippen LogP contribution in [0, 0.1) is 0 Å². The van der Waals surface area contributed by atoms with Crippen molar-refractivity contribution in [2.24, 2.45) is 5.73 Å². The summed E-state index contributed by atoms with van der Waals surface area (Å²) < 4.78 is 5.31. The Morgan fingerprint density at radius 1 is 0.857 bits per heavy atom. The number of anilines is 2. The normalized spacial score (nSPS) is 11.2. The molecular formula is C27H35N5O2Si. The Morgan fingerprint density at radius 3 is 1.94 bits per heavy atom. The summed E-state index contributed by atoms with van der Waals surface area (Å²) in [5.41, 5.74) is 19.3. The van der Waals surface area contributed by atoms with Gasteiger partial charge in [-0.05, 0) is 52.6 Å². The minimum Gasteiger partial charge on any atom is -0.466 e. The minimum absolute atomic E-state index is 0.118. The maximum absolute atomic E-state index is 11.8. The van der Waals surface area contributed by atoms with E-state index in [-0.39, 0.29) is 5.97 Å². The van der Waals surface area contributed by atoms with E-state index in [0.717, 1.165) is 38.7 Å². The molecule has 0 amide bonds. The van der Waals surface area contributed by atoms with Gasteiger partial charge < -0.3 is 21.9 Å². The number of pyridine rings is 2. The molecule has 184 valence electrons. The molecule has 2 aromatic carbocycles. The number of ether oxygens (including phenoxy) is 1. The zero-order valence-corrected chi connectivity index (χ0v) is 21.8. The van der Waals surface area contributed by atoms with Gasteiger partial charge >= 0.3 is 5.97 Å². The third kappa shape index (κ3) is 7.76. The minimum atomic E-state index is -1.14. The lowest BCUT2D eigenvalue weighted by molar-refractivity contribution is -0.143. The van der Waals surface area contributed by atoms with Crippen LogP contribution in [0.1, 0.15) is 17.5 Å². The van der Waals surface area contributed by atoms with Crippen molar-refractivity contribution >= 4 is 47.2 Å². The molecule has 7 nitrogen and oxygen atoms in total. The number of carbonyl (C=O) groups excluding carboxylic acids is 1. The van der Waals surface area contributed by atoms with Crippen molar-refractivity contribution < 1.29 is 9.53 Å². The maximum atomic E-state index is 11.8. The predicted octanol–water partition coefficient (Wildman–Crippen LogP) is 4.91. The van der Waals surface area contributed by atoms with Crippen molar-refractivity contribution in [3.8, 4) is 0 Å². The number of benzene rings is 2. The summed E-state index contributed by atoms with van der Waals surface area (Å²) >= 11 is 0. The average molecular weight is 490 g/mol. The molecule has 35 heavy (non-hydrogen) atoms. The largest absolute Gasteiger partial charge is 0.466 e. The SMILES string of the molecule is C[Si](C)(C)CCOC(=O)CCc1ccc2c(N)nccc2c1.NCc1ccc2c(N)nccc2c1. The Balaban J connectivity index is 0.000000223. The van der Waals surface area contributed by atoms with Crippen LogP contribution in [0.4, 0.5) is 11.6 Å². The van der Waals surface area contributed by atoms with Gasteiger partial charge in [-0.1, -0.05) is 50.0 Å². The highest BCUT2D eigenvalue weighted by Crippen LogP contribution is 2.21. The Morgan fingerprint density at radius 2 is 1.40 bits per heavy atom. The zero-order valence-electron chi connectivity index (χ0n) is 20.8. The molecule has 0 saturated heterocycles. The van der Waals surface area contributed by atoms with E-state index < -0.39 is 8.07 Å². The van der Waals surface area contributed by atoms with E-state index >= 15 is 0 Å². The van der Waals surface area contributed by atoms with Gasteiger partial charge in [-0.25, -0.2) is 9.97 Å². The molecule has 0 unspecified atom stereocenters. The van der Waals surface area contributed by atoms with E-state index in [2.05, 4.69) is 35.7 Å². The number of esters is 1. The van der Waals surface area contributed by atoms with Crippen molar-refractivity contribution in [3.05, 3.63) is 72.1 Å². The highest BCUT2D eigenvalue weighted by molar-refractivity contribution is 6.76. The van der Waals surface area contributed by atoms with Crippen LogP contribution in [-0.2, 0) is 22.5 Å². The first kappa shape index (κ1) is 26.1. The van der Waals surface area contributed by atoms with Gasteiger partial charge in [0.05, 0.1) is 6.61 Å². The highest BCUT2D eigenvalue weighted by Gasteiger charge is 2.14. The fraction of sp³-hybridized carbons (Fsp3) is 0.296. The molecule has 0 aliphatic carbocycles. The number of aryl methyl sites for hydroxylation is 1. The van der Waals surface area contributed by atoms with Gasteiger partial charge in [0, 0.05) is 44.2 Å². The topological polar surface area (TPSA) is 130 Å². The smallest absolute Gasteiger partial charge is 0.306 e. The molecule has 0 bridgehead atoms. The molecule has 0 saturated carbocycles. The van der Waals surface area contributed by atoms with Crippen LogP contribution in [-0.4, -0.2) is 30.6 Å². The summed E-state index contributed by atoms with van der Waals surface area (Å²) in [6.45, 7) is 7.93. The fourth-order valence-corrected chi connectivity index (χ4v) is 4.29. The van der Waals surface area contributed by atoms with Crippen LogP contribution in [0.3, 0.4) is 0 Å². The fourth-order valence-electron chi connectivity index (χ4n) is 3.57.